The molecule has 1 fully saturated rings. The molecule has 1 aliphatic heterocycles. The first-order chi connectivity index (χ1) is 10.0. The van der Waals surface area contributed by atoms with Gasteiger partial charge in [-0.15, -0.1) is 0 Å². The predicted octanol–water partition coefficient (Wildman–Crippen LogP) is 0.291. The summed E-state index contributed by atoms with van der Waals surface area (Å²) in [6.45, 7) is 0.500. The summed E-state index contributed by atoms with van der Waals surface area (Å²) in [5, 5.41) is 8.63. The van der Waals surface area contributed by atoms with Crippen molar-refractivity contribution in [2.75, 3.05) is 31.2 Å². The molecule has 112 valence electrons. The van der Waals surface area contributed by atoms with E-state index in [1.54, 1.807) is 29.2 Å². The van der Waals surface area contributed by atoms with Crippen molar-refractivity contribution in [1.29, 1.82) is 0 Å². The Hall–Kier alpha value is -1.84. The highest BCUT2D eigenvalue weighted by Gasteiger charge is 2.23. The van der Waals surface area contributed by atoms with Gasteiger partial charge in [-0.1, -0.05) is 11.8 Å². The average Bonchev–Trinajstić information content (AvgIpc) is 2.66. The van der Waals surface area contributed by atoms with Crippen molar-refractivity contribution in [3.05, 3.63) is 35.4 Å². The first kappa shape index (κ1) is 15.5. The topological polar surface area (TPSA) is 74.7 Å². The molecule has 0 aliphatic carbocycles. The van der Waals surface area contributed by atoms with Crippen LogP contribution in [0.5, 0.6) is 0 Å². The maximum absolute atomic E-state index is 12.3. The van der Waals surface area contributed by atoms with Crippen LogP contribution in [0.3, 0.4) is 0 Å². The fourth-order valence-electron chi connectivity index (χ4n) is 2.16. The third-order valence-electron chi connectivity index (χ3n) is 3.29. The summed E-state index contributed by atoms with van der Waals surface area (Å²) in [6.07, 6.45) is 0.480. The van der Waals surface area contributed by atoms with Gasteiger partial charge in [0.15, 0.2) is 9.84 Å². The molecule has 21 heavy (non-hydrogen) atoms. The molecule has 1 heterocycles. The van der Waals surface area contributed by atoms with Crippen molar-refractivity contribution < 1.29 is 18.3 Å². The molecule has 0 spiro atoms. The molecule has 5 nitrogen and oxygen atoms in total. The van der Waals surface area contributed by atoms with Crippen LogP contribution < -0.4 is 0 Å². The SMILES string of the molecule is O=C(c1ccc(C#CCO)cc1)N1CCCS(=O)(=O)CC1. The van der Waals surface area contributed by atoms with E-state index in [0.29, 0.717) is 18.5 Å². The van der Waals surface area contributed by atoms with Gasteiger partial charge in [-0.25, -0.2) is 8.42 Å². The lowest BCUT2D eigenvalue weighted by molar-refractivity contribution is 0.0768. The number of aliphatic hydroxyl groups excluding tert-OH is 1. The molecular formula is C15H17NO4S. The molecule has 1 aromatic carbocycles. The first-order valence-electron chi connectivity index (χ1n) is 6.71. The Morgan fingerprint density at radius 1 is 1.19 bits per heavy atom. The molecule has 0 unspecified atom stereocenters. The number of rotatable bonds is 1. The van der Waals surface area contributed by atoms with E-state index >= 15 is 0 Å². The Bertz CT molecular complexity index is 668. The number of hydrogen-bond donors (Lipinski definition) is 1. The van der Waals surface area contributed by atoms with Crippen LogP contribution in [0.4, 0.5) is 0 Å². The van der Waals surface area contributed by atoms with Gasteiger partial charge in [0.25, 0.3) is 5.91 Å². The van der Waals surface area contributed by atoms with E-state index in [0.717, 1.165) is 5.56 Å². The molecule has 1 aliphatic rings. The highest BCUT2D eigenvalue weighted by molar-refractivity contribution is 7.91. The normalized spacial score (nSPS) is 17.5. The summed E-state index contributed by atoms with van der Waals surface area (Å²) in [7, 11) is -3.02. The zero-order valence-electron chi connectivity index (χ0n) is 11.6. The number of benzene rings is 1. The monoisotopic (exact) mass is 307 g/mol. The van der Waals surface area contributed by atoms with Gasteiger partial charge in [0.2, 0.25) is 0 Å². The standard InChI is InChI=1S/C15H17NO4S/c17-10-1-3-13-4-6-14(7-5-13)15(18)16-8-2-11-21(19,20)12-9-16/h4-7,17H,2,8-12H2. The second-order valence-electron chi connectivity index (χ2n) is 4.83. The molecule has 1 saturated heterocycles. The van der Waals surface area contributed by atoms with Gasteiger partial charge in [0, 0.05) is 24.2 Å². The van der Waals surface area contributed by atoms with Crippen molar-refractivity contribution in [1.82, 2.24) is 4.90 Å². The molecule has 2 rings (SSSR count). The highest BCUT2D eigenvalue weighted by Crippen LogP contribution is 2.11. The second-order valence-corrected chi connectivity index (χ2v) is 7.14. The lowest BCUT2D eigenvalue weighted by Crippen LogP contribution is -2.33. The van der Waals surface area contributed by atoms with E-state index in [4.69, 9.17) is 5.11 Å². The summed E-state index contributed by atoms with van der Waals surface area (Å²) in [6, 6.07) is 6.77. The van der Waals surface area contributed by atoms with Crippen LogP contribution in [0.1, 0.15) is 22.3 Å². The second kappa shape index (κ2) is 6.74. The molecular weight excluding hydrogens is 290 g/mol. The molecule has 0 saturated carbocycles. The van der Waals surface area contributed by atoms with Gasteiger partial charge in [0.05, 0.1) is 11.5 Å². The van der Waals surface area contributed by atoms with Gasteiger partial charge in [-0.3, -0.25) is 4.79 Å². The lowest BCUT2D eigenvalue weighted by Gasteiger charge is -2.19. The molecule has 1 amide bonds. The van der Waals surface area contributed by atoms with Gasteiger partial charge in [-0.2, -0.15) is 0 Å². The summed E-state index contributed by atoms with van der Waals surface area (Å²) in [5.74, 6) is 5.31. The molecule has 0 atom stereocenters. The number of aliphatic hydroxyl groups is 1. The van der Waals surface area contributed by atoms with Crippen molar-refractivity contribution in [3.63, 3.8) is 0 Å². The van der Waals surface area contributed by atoms with E-state index in [2.05, 4.69) is 11.8 Å². The first-order valence-corrected chi connectivity index (χ1v) is 8.53. The van der Waals surface area contributed by atoms with Crippen LogP contribution in [0, 0.1) is 11.8 Å². The van der Waals surface area contributed by atoms with Crippen LogP contribution in [0.25, 0.3) is 0 Å². The van der Waals surface area contributed by atoms with Crippen LogP contribution in [0.15, 0.2) is 24.3 Å². The fourth-order valence-corrected chi connectivity index (χ4v) is 3.43. The Morgan fingerprint density at radius 2 is 1.90 bits per heavy atom. The Balaban J connectivity index is 2.09. The minimum atomic E-state index is -3.02. The Kier molecular flexibility index (Phi) is 4.99. The van der Waals surface area contributed by atoms with Crippen molar-refractivity contribution in [2.24, 2.45) is 0 Å². The minimum Gasteiger partial charge on any atom is -0.384 e. The highest BCUT2D eigenvalue weighted by atomic mass is 32.2. The van der Waals surface area contributed by atoms with Gasteiger partial charge in [-0.05, 0) is 30.7 Å². The number of carbonyl (C=O) groups excluding carboxylic acids is 1. The number of sulfone groups is 1. The Labute approximate surface area is 124 Å². The third-order valence-corrected chi connectivity index (χ3v) is 5.00. The molecule has 0 radical (unpaired) electrons. The van der Waals surface area contributed by atoms with Gasteiger partial charge >= 0.3 is 0 Å². The third kappa shape index (κ3) is 4.31. The van der Waals surface area contributed by atoms with E-state index < -0.39 is 9.84 Å². The molecule has 1 N–H and O–H groups in total. The molecule has 0 bridgehead atoms. The Morgan fingerprint density at radius 3 is 2.57 bits per heavy atom. The molecule has 0 aromatic heterocycles. The fraction of sp³-hybridized carbons (Fsp3) is 0.400. The molecule has 6 heteroatoms. The van der Waals surface area contributed by atoms with E-state index in [9.17, 15) is 13.2 Å². The number of carbonyl (C=O) groups is 1. The van der Waals surface area contributed by atoms with E-state index in [-0.39, 0.29) is 30.6 Å². The largest absolute Gasteiger partial charge is 0.384 e. The van der Waals surface area contributed by atoms with Crippen molar-refractivity contribution in [2.45, 2.75) is 6.42 Å². The van der Waals surface area contributed by atoms with E-state index in [1.807, 2.05) is 0 Å². The predicted molar refractivity (Wildman–Crippen MR) is 79.6 cm³/mol. The number of hydrogen-bond acceptors (Lipinski definition) is 4. The summed E-state index contributed by atoms with van der Waals surface area (Å²) in [5.41, 5.74) is 1.24. The van der Waals surface area contributed by atoms with E-state index in [1.165, 1.54) is 0 Å². The zero-order chi connectivity index (χ0) is 15.3. The smallest absolute Gasteiger partial charge is 0.253 e. The number of nitrogens with zero attached hydrogens (tertiary/aromatic N) is 1. The summed E-state index contributed by atoms with van der Waals surface area (Å²) >= 11 is 0. The van der Waals surface area contributed by atoms with Gasteiger partial charge in [0.1, 0.15) is 6.61 Å². The van der Waals surface area contributed by atoms with Crippen LogP contribution >= 0.6 is 0 Å². The van der Waals surface area contributed by atoms with Crippen LogP contribution in [-0.4, -0.2) is 55.5 Å². The van der Waals surface area contributed by atoms with Crippen molar-refractivity contribution >= 4 is 15.7 Å². The van der Waals surface area contributed by atoms with Crippen molar-refractivity contribution in [3.8, 4) is 11.8 Å². The van der Waals surface area contributed by atoms with Crippen LogP contribution in [0.2, 0.25) is 0 Å². The zero-order valence-corrected chi connectivity index (χ0v) is 12.4. The summed E-state index contributed by atoms with van der Waals surface area (Å²) < 4.78 is 23.1. The summed E-state index contributed by atoms with van der Waals surface area (Å²) in [4.78, 5) is 13.9. The quantitative estimate of drug-likeness (QED) is 0.757. The average molecular weight is 307 g/mol. The molecule has 1 aromatic rings. The lowest BCUT2D eigenvalue weighted by atomic mass is 10.1. The van der Waals surface area contributed by atoms with Gasteiger partial charge < -0.3 is 10.0 Å². The maximum Gasteiger partial charge on any atom is 0.253 e. The van der Waals surface area contributed by atoms with Crippen LogP contribution in [-0.2, 0) is 9.84 Å². The minimum absolute atomic E-state index is 0.0266. The number of amides is 1. The maximum atomic E-state index is 12.3.